The number of carbonyl (C=O) groups excluding carboxylic acids is 6. The smallest absolute Gasteiger partial charge is 0.394 e. The van der Waals surface area contributed by atoms with E-state index < -0.39 is 91.1 Å². The molecule has 0 spiro atoms. The summed E-state index contributed by atoms with van der Waals surface area (Å²) in [4.78, 5) is 94.1. The number of aliphatic hydroxyl groups is 6. The molecule has 558 valence electrons. The topological polar surface area (TPSA) is 323 Å². The summed E-state index contributed by atoms with van der Waals surface area (Å²) in [5.41, 5.74) is 2.24. The van der Waals surface area contributed by atoms with E-state index in [4.69, 9.17) is 15.3 Å². The van der Waals surface area contributed by atoms with Crippen LogP contribution in [0.5, 0.6) is 0 Å². The van der Waals surface area contributed by atoms with Gasteiger partial charge in [-0.25, -0.2) is 15.0 Å². The lowest BCUT2D eigenvalue weighted by molar-refractivity contribution is -0.138. The van der Waals surface area contributed by atoms with Gasteiger partial charge in [0.1, 0.15) is 0 Å². The number of rotatable bonds is 21. The van der Waals surface area contributed by atoms with Crippen LogP contribution in [0.3, 0.4) is 0 Å². The quantitative estimate of drug-likeness (QED) is 0.0303. The van der Waals surface area contributed by atoms with Crippen LogP contribution < -0.4 is 16.0 Å². The number of aliphatic hydroxyl groups excluding tert-OH is 6. The molecule has 24 nitrogen and oxygen atoms in total. The molecular formula is C72H75F9N12O12. The normalized spacial score (nSPS) is 17.3. The third kappa shape index (κ3) is 18.1. The molecule has 6 unspecified atom stereocenters. The van der Waals surface area contributed by atoms with Gasteiger partial charge < -0.3 is 59.0 Å². The number of hydrogen-bond acceptors (Lipinski definition) is 15. The second-order valence-electron chi connectivity index (χ2n) is 25.8. The molecule has 6 atom stereocenters. The molecule has 0 bridgehead atoms. The Bertz CT molecular complexity index is 4230. The molecule has 6 amide bonds. The van der Waals surface area contributed by atoms with Crippen LogP contribution >= 0.6 is 0 Å². The number of fused-ring (bicyclic) bond motifs is 3. The second-order valence-corrected chi connectivity index (χ2v) is 25.8. The fourth-order valence-corrected chi connectivity index (χ4v) is 12.6. The van der Waals surface area contributed by atoms with E-state index in [2.05, 4.69) is 30.9 Å². The summed E-state index contributed by atoms with van der Waals surface area (Å²) in [5.74, 6) is -2.95. The molecule has 105 heavy (non-hydrogen) atoms. The average Bonchev–Trinajstić information content (AvgIpc) is 1.65. The number of anilines is 3. The van der Waals surface area contributed by atoms with E-state index in [1.165, 1.54) is 18.2 Å². The second kappa shape index (κ2) is 32.4. The first-order chi connectivity index (χ1) is 49.7. The van der Waals surface area contributed by atoms with Crippen molar-refractivity contribution in [1.29, 1.82) is 0 Å². The Labute approximate surface area is 593 Å². The van der Waals surface area contributed by atoms with Gasteiger partial charge in [0.05, 0.1) is 106 Å². The summed E-state index contributed by atoms with van der Waals surface area (Å²) < 4.78 is 122. The molecule has 6 aromatic carbocycles. The lowest BCUT2D eigenvalue weighted by Crippen LogP contribution is -2.21. The number of nitrogens with one attached hydrogen (secondary N) is 3. The molecule has 9 N–H and O–H groups in total. The van der Waals surface area contributed by atoms with Crippen molar-refractivity contribution in [2.24, 2.45) is 0 Å². The standard InChI is InChI=1S/3C24H25F3N4O4/c3*1-30-9-8-18(22(30)35)14-5-6-20-19(12-14)28-23(31(20)10-7-17(33)13-32)29-21(34)15-3-2-4-16(11-15)24(25,26)27/h3*2-6,11-12,17-18,32-33H,7-10,13H2,1H3,(H,28,29,34). The minimum absolute atomic E-state index is 0.00734. The number of likely N-dealkylation sites (tertiary alicyclic amines) is 3. The lowest BCUT2D eigenvalue weighted by Gasteiger charge is -2.13. The molecule has 0 aliphatic carbocycles. The number of hydrogen-bond donors (Lipinski definition) is 9. The minimum Gasteiger partial charge on any atom is -0.394 e. The number of imidazole rings is 3. The van der Waals surface area contributed by atoms with E-state index in [-0.39, 0.29) is 109 Å². The zero-order chi connectivity index (χ0) is 76.0. The molecule has 9 aromatic rings. The molecule has 3 saturated heterocycles. The summed E-state index contributed by atoms with van der Waals surface area (Å²) in [5, 5.41) is 64.6. The van der Waals surface area contributed by atoms with Crippen molar-refractivity contribution in [2.75, 3.05) is 76.5 Å². The van der Waals surface area contributed by atoms with Crippen LogP contribution in [-0.4, -0.2) is 188 Å². The van der Waals surface area contributed by atoms with Crippen molar-refractivity contribution in [2.45, 2.75) is 113 Å². The van der Waals surface area contributed by atoms with E-state index in [0.29, 0.717) is 72.0 Å². The largest absolute Gasteiger partial charge is 0.416 e. The number of alkyl halides is 9. The first-order valence-electron chi connectivity index (χ1n) is 33.3. The molecule has 33 heteroatoms. The summed E-state index contributed by atoms with van der Waals surface area (Å²) >= 11 is 0. The number of likely N-dealkylation sites (N-methyl/N-ethyl adjacent to an activating group) is 3. The van der Waals surface area contributed by atoms with Gasteiger partial charge in [0.15, 0.2) is 0 Å². The molecular weight excluding hydrogens is 1400 g/mol. The van der Waals surface area contributed by atoms with Crippen molar-refractivity contribution in [3.05, 3.63) is 177 Å². The maximum Gasteiger partial charge on any atom is 0.416 e. The van der Waals surface area contributed by atoms with E-state index in [1.54, 1.807) is 85.9 Å². The highest BCUT2D eigenvalue weighted by atomic mass is 19.4. The van der Waals surface area contributed by atoms with Gasteiger partial charge in [0, 0.05) is 77.1 Å². The van der Waals surface area contributed by atoms with Gasteiger partial charge in [-0.1, -0.05) is 36.4 Å². The van der Waals surface area contributed by atoms with Crippen LogP contribution in [0.1, 0.15) is 121 Å². The highest BCUT2D eigenvalue weighted by Crippen LogP contribution is 2.37. The molecule has 0 radical (unpaired) electrons. The third-order valence-corrected chi connectivity index (χ3v) is 18.5. The number of nitrogens with zero attached hydrogens (tertiary/aromatic N) is 9. The van der Waals surface area contributed by atoms with Gasteiger partial charge in [-0.3, -0.25) is 44.7 Å². The van der Waals surface area contributed by atoms with Crippen molar-refractivity contribution in [3.8, 4) is 0 Å². The lowest BCUT2D eigenvalue weighted by atomic mass is 9.97. The summed E-state index contributed by atoms with van der Waals surface area (Å²) in [6.45, 7) is 1.15. The van der Waals surface area contributed by atoms with Gasteiger partial charge >= 0.3 is 18.5 Å². The van der Waals surface area contributed by atoms with Crippen molar-refractivity contribution in [1.82, 2.24) is 43.4 Å². The Morgan fingerprint density at radius 1 is 0.419 bits per heavy atom. The molecule has 3 aliphatic heterocycles. The number of aromatic nitrogens is 6. The predicted molar refractivity (Wildman–Crippen MR) is 366 cm³/mol. The van der Waals surface area contributed by atoms with Crippen molar-refractivity contribution < 1.29 is 98.9 Å². The Hall–Kier alpha value is -10.3. The van der Waals surface area contributed by atoms with E-state index in [9.17, 15) is 83.6 Å². The molecule has 6 heterocycles. The van der Waals surface area contributed by atoms with Crippen LogP contribution in [0.2, 0.25) is 0 Å². The predicted octanol–water partition coefficient (Wildman–Crippen LogP) is 8.99. The van der Waals surface area contributed by atoms with Gasteiger partial charge in [-0.2, -0.15) is 39.5 Å². The molecule has 12 rings (SSSR count). The Balaban J connectivity index is 0.000000169. The number of benzene rings is 6. The fourth-order valence-electron chi connectivity index (χ4n) is 12.6. The third-order valence-electron chi connectivity index (χ3n) is 18.5. The zero-order valence-electron chi connectivity index (χ0n) is 56.8. The van der Waals surface area contributed by atoms with Gasteiger partial charge in [-0.15, -0.1) is 0 Å². The monoisotopic (exact) mass is 1470 g/mol. The molecule has 3 fully saturated rings. The SMILES string of the molecule is CN1CCC(c2ccc3c(c2)nc(NC(=O)c2cccc(C(F)(F)F)c2)n3CCC(O)CO)C1=O.CN1CCC(c2ccc3c(c2)nc(NC(=O)c2cccc(C(F)(F)F)c2)n3CCC(O)CO)C1=O.CN1CCC(c2ccc3c(c2)nc(NC(=O)c2cccc(C(F)(F)F)c2)n3CCC(O)CO)C1=O. The summed E-state index contributed by atoms with van der Waals surface area (Å²) in [6, 6.07) is 28.2. The Kier molecular flexibility index (Phi) is 23.8. The number of carbonyl (C=O) groups is 6. The number of amides is 6. The summed E-state index contributed by atoms with van der Waals surface area (Å²) in [7, 11) is 5.22. The van der Waals surface area contributed by atoms with Gasteiger partial charge in [-0.05, 0) is 146 Å². The molecule has 3 aromatic heterocycles. The first-order valence-corrected chi connectivity index (χ1v) is 33.3. The van der Waals surface area contributed by atoms with Crippen LogP contribution in [0, 0.1) is 0 Å². The highest BCUT2D eigenvalue weighted by molar-refractivity contribution is 6.06. The Morgan fingerprint density at radius 3 is 0.895 bits per heavy atom. The fraction of sp³-hybridized carbons (Fsp3) is 0.375. The summed E-state index contributed by atoms with van der Waals surface area (Å²) in [6.07, 6.45) is -14.3. The number of halogens is 9. The highest BCUT2D eigenvalue weighted by Gasteiger charge is 2.37. The van der Waals surface area contributed by atoms with Crippen molar-refractivity contribution in [3.63, 3.8) is 0 Å². The zero-order valence-corrected chi connectivity index (χ0v) is 56.8. The minimum atomic E-state index is -4.59. The van der Waals surface area contributed by atoms with E-state index in [0.717, 1.165) is 71.3 Å². The molecule has 0 saturated carbocycles. The first kappa shape index (κ1) is 77.3. The number of aryl methyl sites for hydroxylation is 3. The Morgan fingerprint density at radius 2 is 0.676 bits per heavy atom. The van der Waals surface area contributed by atoms with Crippen molar-refractivity contribution >= 4 is 86.4 Å². The maximum absolute atomic E-state index is 13.1. The van der Waals surface area contributed by atoms with Crippen LogP contribution in [-0.2, 0) is 52.5 Å². The van der Waals surface area contributed by atoms with Gasteiger partial charge in [0.2, 0.25) is 35.6 Å². The van der Waals surface area contributed by atoms with E-state index in [1.807, 2.05) is 18.2 Å². The van der Waals surface area contributed by atoms with Crippen LogP contribution in [0.25, 0.3) is 33.1 Å². The van der Waals surface area contributed by atoms with E-state index >= 15 is 0 Å². The van der Waals surface area contributed by atoms with Gasteiger partial charge in [0.25, 0.3) is 17.7 Å². The van der Waals surface area contributed by atoms with Crippen LogP contribution in [0.15, 0.2) is 127 Å². The maximum atomic E-state index is 13.1. The van der Waals surface area contributed by atoms with Crippen LogP contribution in [0.4, 0.5) is 57.4 Å². The average molecular weight is 1470 g/mol. The molecule has 3 aliphatic rings.